The van der Waals surface area contributed by atoms with Gasteiger partial charge in [0.15, 0.2) is 0 Å². The first-order valence-corrected chi connectivity index (χ1v) is 7.49. The number of likely N-dealkylation sites (tertiary alicyclic amines) is 1. The Kier molecular flexibility index (Phi) is 3.71. The third-order valence-electron chi connectivity index (χ3n) is 4.48. The quantitative estimate of drug-likeness (QED) is 0.832. The Morgan fingerprint density at radius 2 is 1.89 bits per heavy atom. The molecule has 100 valence electrons. The summed E-state index contributed by atoms with van der Waals surface area (Å²) in [5, 5.41) is 0. The first-order chi connectivity index (χ1) is 8.83. The largest absolute Gasteiger partial charge is 0.352 e. The number of aromatic nitrogens is 1. The Balaban J connectivity index is 1.64. The number of hydrogen-bond donors (Lipinski definition) is 1. The maximum atomic E-state index is 6.25. The normalized spacial score (nSPS) is 25.1. The van der Waals surface area contributed by atoms with Crippen LogP contribution in [-0.2, 0) is 13.0 Å². The Hall–Kier alpha value is -0.800. The molecule has 2 heterocycles. The van der Waals surface area contributed by atoms with Crippen LogP contribution in [0.15, 0.2) is 12.4 Å². The van der Waals surface area contributed by atoms with Crippen LogP contribution in [0.5, 0.6) is 0 Å². The average molecular weight is 247 g/mol. The van der Waals surface area contributed by atoms with Crippen molar-refractivity contribution in [3.8, 4) is 0 Å². The molecule has 1 saturated heterocycles. The molecule has 1 fully saturated rings. The highest BCUT2D eigenvalue weighted by Gasteiger charge is 2.17. The zero-order valence-electron chi connectivity index (χ0n) is 11.3. The van der Waals surface area contributed by atoms with Crippen molar-refractivity contribution in [2.75, 3.05) is 19.6 Å². The summed E-state index contributed by atoms with van der Waals surface area (Å²) in [6, 6.07) is 0.274. The van der Waals surface area contributed by atoms with Gasteiger partial charge >= 0.3 is 0 Å². The van der Waals surface area contributed by atoms with Gasteiger partial charge in [-0.2, -0.15) is 0 Å². The third kappa shape index (κ3) is 2.62. The lowest BCUT2D eigenvalue weighted by atomic mass is 10.1. The molecule has 2 N–H and O–H groups in total. The van der Waals surface area contributed by atoms with E-state index < -0.39 is 0 Å². The van der Waals surface area contributed by atoms with E-state index in [0.29, 0.717) is 0 Å². The van der Waals surface area contributed by atoms with Gasteiger partial charge in [-0.25, -0.2) is 0 Å². The Morgan fingerprint density at radius 1 is 1.06 bits per heavy atom. The minimum Gasteiger partial charge on any atom is -0.352 e. The summed E-state index contributed by atoms with van der Waals surface area (Å²) in [5.74, 6) is 0. The molecular formula is C15H25N3. The van der Waals surface area contributed by atoms with Crippen LogP contribution in [0, 0.1) is 0 Å². The van der Waals surface area contributed by atoms with Crippen LogP contribution in [-0.4, -0.2) is 29.1 Å². The van der Waals surface area contributed by atoms with Gasteiger partial charge in [-0.1, -0.05) is 6.42 Å². The van der Waals surface area contributed by atoms with Crippen molar-refractivity contribution in [1.82, 2.24) is 9.47 Å². The molecule has 0 aromatic carbocycles. The number of fused-ring (bicyclic) bond motifs is 1. The van der Waals surface area contributed by atoms with Crippen molar-refractivity contribution in [2.45, 2.75) is 51.1 Å². The SMILES string of the molecule is NC1CCCCc2cn(CCN3CCCC3)cc21. The van der Waals surface area contributed by atoms with Gasteiger partial charge in [0.1, 0.15) is 0 Å². The van der Waals surface area contributed by atoms with Crippen LogP contribution >= 0.6 is 0 Å². The van der Waals surface area contributed by atoms with Crippen LogP contribution in [0.25, 0.3) is 0 Å². The van der Waals surface area contributed by atoms with Crippen LogP contribution in [0.4, 0.5) is 0 Å². The van der Waals surface area contributed by atoms with Crippen molar-refractivity contribution >= 4 is 0 Å². The number of nitrogens with two attached hydrogens (primary N) is 1. The monoisotopic (exact) mass is 247 g/mol. The molecule has 3 heteroatoms. The van der Waals surface area contributed by atoms with Crippen molar-refractivity contribution < 1.29 is 0 Å². The van der Waals surface area contributed by atoms with Gasteiger partial charge < -0.3 is 15.2 Å². The first kappa shape index (κ1) is 12.2. The summed E-state index contributed by atoms with van der Waals surface area (Å²) in [5.41, 5.74) is 9.17. The van der Waals surface area contributed by atoms with Gasteiger partial charge in [-0.05, 0) is 56.3 Å². The Morgan fingerprint density at radius 3 is 2.72 bits per heavy atom. The Labute approximate surface area is 110 Å². The lowest BCUT2D eigenvalue weighted by Crippen LogP contribution is -2.23. The summed E-state index contributed by atoms with van der Waals surface area (Å²) < 4.78 is 2.37. The summed E-state index contributed by atoms with van der Waals surface area (Å²) in [6.45, 7) is 4.91. The van der Waals surface area contributed by atoms with E-state index in [0.717, 1.165) is 13.0 Å². The Bertz CT molecular complexity index is 390. The van der Waals surface area contributed by atoms with Crippen LogP contribution in [0.2, 0.25) is 0 Å². The van der Waals surface area contributed by atoms with E-state index in [-0.39, 0.29) is 6.04 Å². The van der Waals surface area contributed by atoms with Crippen LogP contribution in [0.1, 0.15) is 49.3 Å². The minimum absolute atomic E-state index is 0.274. The smallest absolute Gasteiger partial charge is 0.0347 e. The zero-order valence-corrected chi connectivity index (χ0v) is 11.3. The van der Waals surface area contributed by atoms with Gasteiger partial charge in [0.25, 0.3) is 0 Å². The molecule has 1 aromatic rings. The maximum absolute atomic E-state index is 6.25. The lowest BCUT2D eigenvalue weighted by Gasteiger charge is -2.14. The fourth-order valence-corrected chi connectivity index (χ4v) is 3.34. The summed E-state index contributed by atoms with van der Waals surface area (Å²) in [7, 11) is 0. The van der Waals surface area contributed by atoms with E-state index in [1.807, 2.05) is 0 Å². The highest BCUT2D eigenvalue weighted by atomic mass is 15.2. The molecule has 1 unspecified atom stereocenters. The van der Waals surface area contributed by atoms with Crippen LogP contribution < -0.4 is 5.73 Å². The summed E-state index contributed by atoms with van der Waals surface area (Å²) >= 11 is 0. The van der Waals surface area contributed by atoms with Gasteiger partial charge in [0, 0.05) is 31.5 Å². The van der Waals surface area contributed by atoms with Crippen LogP contribution in [0.3, 0.4) is 0 Å². The van der Waals surface area contributed by atoms with Crippen molar-refractivity contribution in [1.29, 1.82) is 0 Å². The highest BCUT2D eigenvalue weighted by molar-refractivity contribution is 5.28. The molecular weight excluding hydrogens is 222 g/mol. The standard InChI is InChI=1S/C15H25N3/c16-15-6-2-1-5-13-11-18(12-14(13)15)10-9-17-7-3-4-8-17/h11-12,15H,1-10,16H2. The fraction of sp³-hybridized carbons (Fsp3) is 0.733. The van der Waals surface area contributed by atoms with Crippen molar-refractivity contribution in [3.05, 3.63) is 23.5 Å². The summed E-state index contributed by atoms with van der Waals surface area (Å²) in [6.07, 6.45) is 12.4. The minimum atomic E-state index is 0.274. The topological polar surface area (TPSA) is 34.2 Å². The second-order valence-corrected chi connectivity index (χ2v) is 5.88. The van der Waals surface area contributed by atoms with Crippen molar-refractivity contribution in [2.24, 2.45) is 5.73 Å². The second-order valence-electron chi connectivity index (χ2n) is 5.88. The molecule has 1 aromatic heterocycles. The van der Waals surface area contributed by atoms with E-state index in [9.17, 15) is 0 Å². The molecule has 0 saturated carbocycles. The van der Waals surface area contributed by atoms with Crippen molar-refractivity contribution in [3.63, 3.8) is 0 Å². The van der Waals surface area contributed by atoms with E-state index in [4.69, 9.17) is 5.73 Å². The predicted octanol–water partition coefficient (Wildman–Crippen LogP) is 2.31. The van der Waals surface area contributed by atoms with E-state index >= 15 is 0 Å². The number of aryl methyl sites for hydroxylation is 1. The molecule has 0 radical (unpaired) electrons. The maximum Gasteiger partial charge on any atom is 0.0347 e. The zero-order chi connectivity index (χ0) is 12.4. The van der Waals surface area contributed by atoms with Gasteiger partial charge in [0.05, 0.1) is 0 Å². The second kappa shape index (κ2) is 5.45. The number of hydrogen-bond acceptors (Lipinski definition) is 2. The van der Waals surface area contributed by atoms with E-state index in [1.165, 1.54) is 62.9 Å². The number of nitrogens with zero attached hydrogens (tertiary/aromatic N) is 2. The molecule has 18 heavy (non-hydrogen) atoms. The van der Waals surface area contributed by atoms with Gasteiger partial charge in [-0.3, -0.25) is 0 Å². The van der Waals surface area contributed by atoms with Gasteiger partial charge in [0.2, 0.25) is 0 Å². The fourth-order valence-electron chi connectivity index (χ4n) is 3.34. The van der Waals surface area contributed by atoms with E-state index in [1.54, 1.807) is 0 Å². The third-order valence-corrected chi connectivity index (χ3v) is 4.48. The van der Waals surface area contributed by atoms with E-state index in [2.05, 4.69) is 21.9 Å². The average Bonchev–Trinajstić information content (AvgIpc) is 2.98. The summed E-state index contributed by atoms with van der Waals surface area (Å²) in [4.78, 5) is 2.57. The highest BCUT2D eigenvalue weighted by Crippen LogP contribution is 2.27. The molecule has 3 nitrogen and oxygen atoms in total. The molecule has 1 aliphatic heterocycles. The molecule has 1 atom stereocenters. The molecule has 2 aliphatic rings. The lowest BCUT2D eigenvalue weighted by molar-refractivity contribution is 0.322. The molecule has 3 rings (SSSR count). The molecule has 1 aliphatic carbocycles. The molecule has 0 bridgehead atoms. The predicted molar refractivity (Wildman–Crippen MR) is 74.6 cm³/mol. The molecule has 0 spiro atoms. The van der Waals surface area contributed by atoms with Gasteiger partial charge in [-0.15, -0.1) is 0 Å². The first-order valence-electron chi connectivity index (χ1n) is 7.49. The number of rotatable bonds is 3. The molecule has 0 amide bonds.